The minimum Gasteiger partial charge on any atom is -0.443 e. The zero-order valence-corrected chi connectivity index (χ0v) is 16.4. The molecule has 2 aromatic rings. The molecule has 2 rings (SSSR count). The van der Waals surface area contributed by atoms with Crippen molar-refractivity contribution in [2.75, 3.05) is 13.6 Å². The molecule has 0 saturated carbocycles. The van der Waals surface area contributed by atoms with Crippen LogP contribution in [-0.4, -0.2) is 30.9 Å². The van der Waals surface area contributed by atoms with Crippen LogP contribution in [0.2, 0.25) is 0 Å². The van der Waals surface area contributed by atoms with E-state index in [9.17, 15) is 13.2 Å². The number of hydrogen-bond acceptors (Lipinski definition) is 4. The standard InChI is InChI=1S/C19H25F3N4O2/c1-18(2,3)15-11-25-16(27-15)12-26-17(23-4)24-10-9-13-5-7-14(8-6-13)28-19(20,21)22/h5-8,11H,9-10,12H2,1-4H3,(H2,23,24,26). The van der Waals surface area contributed by atoms with Crippen LogP contribution in [0.15, 0.2) is 39.9 Å². The van der Waals surface area contributed by atoms with Crippen molar-refractivity contribution in [1.29, 1.82) is 0 Å². The average Bonchev–Trinajstić information content (AvgIpc) is 3.07. The van der Waals surface area contributed by atoms with Gasteiger partial charge in [-0.3, -0.25) is 4.99 Å². The summed E-state index contributed by atoms with van der Waals surface area (Å²) in [6, 6.07) is 5.79. The van der Waals surface area contributed by atoms with E-state index in [0.717, 1.165) is 11.3 Å². The van der Waals surface area contributed by atoms with Crippen LogP contribution in [0.25, 0.3) is 0 Å². The first-order valence-corrected chi connectivity index (χ1v) is 8.81. The van der Waals surface area contributed by atoms with E-state index in [1.165, 1.54) is 12.1 Å². The van der Waals surface area contributed by atoms with E-state index in [2.05, 4.69) is 25.3 Å². The number of benzene rings is 1. The highest BCUT2D eigenvalue weighted by atomic mass is 19.4. The monoisotopic (exact) mass is 398 g/mol. The van der Waals surface area contributed by atoms with Crippen molar-refractivity contribution in [3.63, 3.8) is 0 Å². The number of rotatable bonds is 6. The molecular formula is C19H25F3N4O2. The minimum atomic E-state index is -4.68. The second kappa shape index (κ2) is 8.99. The van der Waals surface area contributed by atoms with E-state index in [1.807, 2.05) is 20.8 Å². The molecule has 1 aromatic carbocycles. The van der Waals surface area contributed by atoms with Crippen LogP contribution in [0.4, 0.5) is 13.2 Å². The summed E-state index contributed by atoms with van der Waals surface area (Å²) in [5, 5.41) is 6.25. The van der Waals surface area contributed by atoms with E-state index in [-0.39, 0.29) is 11.2 Å². The van der Waals surface area contributed by atoms with Gasteiger partial charge in [0.2, 0.25) is 5.89 Å². The Labute approximate surface area is 162 Å². The lowest BCUT2D eigenvalue weighted by molar-refractivity contribution is -0.274. The normalized spacial score (nSPS) is 12.8. The van der Waals surface area contributed by atoms with Crippen molar-refractivity contribution < 1.29 is 22.3 Å². The molecule has 0 radical (unpaired) electrons. The SMILES string of the molecule is CN=C(NCCc1ccc(OC(F)(F)F)cc1)NCc1ncc(C(C)(C)C)o1. The number of nitrogens with zero attached hydrogens (tertiary/aromatic N) is 2. The zero-order valence-electron chi connectivity index (χ0n) is 16.4. The molecule has 2 N–H and O–H groups in total. The van der Waals surface area contributed by atoms with Crippen LogP contribution >= 0.6 is 0 Å². The maximum atomic E-state index is 12.2. The lowest BCUT2D eigenvalue weighted by atomic mass is 9.94. The molecule has 0 aliphatic heterocycles. The van der Waals surface area contributed by atoms with Gasteiger partial charge >= 0.3 is 6.36 Å². The first-order chi connectivity index (χ1) is 13.1. The van der Waals surface area contributed by atoms with Gasteiger partial charge in [-0.15, -0.1) is 13.2 Å². The molecule has 154 valence electrons. The molecule has 6 nitrogen and oxygen atoms in total. The Bertz CT molecular complexity index is 778. The highest BCUT2D eigenvalue weighted by Crippen LogP contribution is 2.23. The van der Waals surface area contributed by atoms with Gasteiger partial charge in [-0.2, -0.15) is 0 Å². The summed E-state index contributed by atoms with van der Waals surface area (Å²) in [5.41, 5.74) is 0.770. The molecule has 28 heavy (non-hydrogen) atoms. The van der Waals surface area contributed by atoms with Gasteiger partial charge in [-0.1, -0.05) is 32.9 Å². The number of halogens is 3. The number of aromatic nitrogens is 1. The molecule has 0 amide bonds. The Morgan fingerprint density at radius 2 is 1.82 bits per heavy atom. The first kappa shape index (κ1) is 21.6. The molecule has 9 heteroatoms. The summed E-state index contributed by atoms with van der Waals surface area (Å²) in [4.78, 5) is 8.37. The van der Waals surface area contributed by atoms with Crippen LogP contribution < -0.4 is 15.4 Å². The molecular weight excluding hydrogens is 373 g/mol. The highest BCUT2D eigenvalue weighted by Gasteiger charge is 2.30. The van der Waals surface area contributed by atoms with Gasteiger partial charge in [-0.05, 0) is 24.1 Å². The fourth-order valence-electron chi connectivity index (χ4n) is 2.30. The molecule has 0 aliphatic rings. The molecule has 0 aliphatic carbocycles. The van der Waals surface area contributed by atoms with E-state index >= 15 is 0 Å². The van der Waals surface area contributed by atoms with Gasteiger partial charge in [0.25, 0.3) is 0 Å². The van der Waals surface area contributed by atoms with Crippen molar-refractivity contribution >= 4 is 5.96 Å². The van der Waals surface area contributed by atoms with Crippen LogP contribution in [-0.2, 0) is 18.4 Å². The molecule has 1 heterocycles. The molecule has 0 unspecified atom stereocenters. The number of nitrogens with one attached hydrogen (secondary N) is 2. The van der Waals surface area contributed by atoms with Crippen molar-refractivity contribution in [2.24, 2.45) is 4.99 Å². The molecule has 0 bridgehead atoms. The van der Waals surface area contributed by atoms with Crippen molar-refractivity contribution in [3.05, 3.63) is 47.7 Å². The smallest absolute Gasteiger partial charge is 0.443 e. The Balaban J connectivity index is 1.77. The molecule has 0 spiro atoms. The lowest BCUT2D eigenvalue weighted by Gasteiger charge is -2.13. The predicted octanol–water partition coefficient (Wildman–Crippen LogP) is 3.78. The Morgan fingerprint density at radius 3 is 2.36 bits per heavy atom. The van der Waals surface area contributed by atoms with Gasteiger partial charge < -0.3 is 19.8 Å². The van der Waals surface area contributed by atoms with Crippen LogP contribution in [0.5, 0.6) is 5.75 Å². The summed E-state index contributed by atoms with van der Waals surface area (Å²) >= 11 is 0. The van der Waals surface area contributed by atoms with Gasteiger partial charge in [0.05, 0.1) is 12.7 Å². The highest BCUT2D eigenvalue weighted by molar-refractivity contribution is 5.79. The fourth-order valence-corrected chi connectivity index (χ4v) is 2.30. The number of alkyl halides is 3. The summed E-state index contributed by atoms with van der Waals surface area (Å²) in [7, 11) is 1.65. The van der Waals surface area contributed by atoms with Gasteiger partial charge in [0.15, 0.2) is 5.96 Å². The summed E-state index contributed by atoms with van der Waals surface area (Å²) in [6.45, 7) is 7.09. The first-order valence-electron chi connectivity index (χ1n) is 8.81. The van der Waals surface area contributed by atoms with Gasteiger partial charge in [-0.25, -0.2) is 4.98 Å². The third-order valence-corrected chi connectivity index (χ3v) is 3.79. The Kier molecular flexibility index (Phi) is 6.93. The molecule has 0 fully saturated rings. The van der Waals surface area contributed by atoms with Crippen LogP contribution in [0.1, 0.15) is 38.0 Å². The second-order valence-corrected chi connectivity index (χ2v) is 7.16. The number of guanidine groups is 1. The van der Waals surface area contributed by atoms with E-state index < -0.39 is 6.36 Å². The quantitative estimate of drug-likeness (QED) is 0.572. The third-order valence-electron chi connectivity index (χ3n) is 3.79. The number of ether oxygens (including phenoxy) is 1. The second-order valence-electron chi connectivity index (χ2n) is 7.16. The molecule has 0 saturated heterocycles. The molecule has 0 atom stereocenters. The number of oxazole rings is 1. The third kappa shape index (κ3) is 7.13. The average molecular weight is 398 g/mol. The number of aliphatic imine (C=N–C) groups is 1. The van der Waals surface area contributed by atoms with Crippen LogP contribution in [0.3, 0.4) is 0 Å². The van der Waals surface area contributed by atoms with Crippen LogP contribution in [0, 0.1) is 0 Å². The topological polar surface area (TPSA) is 71.7 Å². The fraction of sp³-hybridized carbons (Fsp3) is 0.474. The Hall–Kier alpha value is -2.71. The summed E-state index contributed by atoms with van der Waals surface area (Å²) in [5.74, 6) is 1.72. The van der Waals surface area contributed by atoms with Gasteiger partial charge in [0.1, 0.15) is 11.5 Å². The summed E-state index contributed by atoms with van der Waals surface area (Å²) < 4.78 is 46.1. The maximum Gasteiger partial charge on any atom is 0.573 e. The Morgan fingerprint density at radius 1 is 1.14 bits per heavy atom. The lowest BCUT2D eigenvalue weighted by Crippen LogP contribution is -2.37. The zero-order chi connectivity index (χ0) is 20.8. The number of hydrogen-bond donors (Lipinski definition) is 2. The van der Waals surface area contributed by atoms with Crippen molar-refractivity contribution in [3.8, 4) is 5.75 Å². The van der Waals surface area contributed by atoms with E-state index in [4.69, 9.17) is 4.42 Å². The maximum absolute atomic E-state index is 12.2. The van der Waals surface area contributed by atoms with Crippen molar-refractivity contribution in [1.82, 2.24) is 15.6 Å². The predicted molar refractivity (Wildman–Crippen MR) is 100 cm³/mol. The van der Waals surface area contributed by atoms with E-state index in [0.29, 0.717) is 31.4 Å². The molecule has 1 aromatic heterocycles. The van der Waals surface area contributed by atoms with Crippen molar-refractivity contribution in [2.45, 2.75) is 45.5 Å². The minimum absolute atomic E-state index is 0.105. The summed E-state index contributed by atoms with van der Waals surface area (Å²) in [6.07, 6.45) is -2.35. The largest absolute Gasteiger partial charge is 0.573 e. The van der Waals surface area contributed by atoms with E-state index in [1.54, 1.807) is 25.4 Å². The van der Waals surface area contributed by atoms with Gasteiger partial charge in [0, 0.05) is 19.0 Å².